The van der Waals surface area contributed by atoms with Crippen molar-refractivity contribution in [2.75, 3.05) is 6.54 Å². The van der Waals surface area contributed by atoms with Gasteiger partial charge in [0.2, 0.25) is 5.91 Å². The largest absolute Gasteiger partial charge is 0.355 e. The van der Waals surface area contributed by atoms with Crippen molar-refractivity contribution in [1.29, 1.82) is 0 Å². The molecule has 0 spiro atoms. The van der Waals surface area contributed by atoms with Crippen LogP contribution in [0.25, 0.3) is 5.69 Å². The number of amides is 1. The van der Waals surface area contributed by atoms with Crippen molar-refractivity contribution in [3.63, 3.8) is 0 Å². The summed E-state index contributed by atoms with van der Waals surface area (Å²) in [4.78, 5) is 12.1. The molecule has 1 N–H and O–H groups in total. The number of aromatic nitrogens is 3. The zero-order chi connectivity index (χ0) is 15.9. The molecule has 2 aromatic rings. The zero-order valence-corrected chi connectivity index (χ0v) is 14.0. The van der Waals surface area contributed by atoms with Crippen LogP contribution in [0.15, 0.2) is 41.8 Å². The highest BCUT2D eigenvalue weighted by Gasteiger charge is 2.18. The lowest BCUT2D eigenvalue weighted by molar-refractivity contribution is -0.120. The van der Waals surface area contributed by atoms with E-state index in [9.17, 15) is 4.79 Å². The maximum absolute atomic E-state index is 12.1. The van der Waals surface area contributed by atoms with Crippen LogP contribution in [-0.2, 0) is 4.79 Å². The molecular formula is C16H22N4OS. The number of nitrogens with one attached hydrogen (secondary N) is 1. The second-order valence-electron chi connectivity index (χ2n) is 5.55. The maximum Gasteiger partial charge on any atom is 0.233 e. The molecule has 6 heteroatoms. The summed E-state index contributed by atoms with van der Waals surface area (Å²) in [7, 11) is 0. The third-order valence-corrected chi connectivity index (χ3v) is 4.28. The van der Waals surface area contributed by atoms with E-state index >= 15 is 0 Å². The van der Waals surface area contributed by atoms with E-state index in [-0.39, 0.29) is 11.2 Å². The van der Waals surface area contributed by atoms with Gasteiger partial charge in [-0.05, 0) is 31.4 Å². The fraction of sp³-hybridized carbons (Fsp3) is 0.438. The van der Waals surface area contributed by atoms with Gasteiger partial charge in [-0.1, -0.05) is 43.8 Å². The van der Waals surface area contributed by atoms with E-state index in [4.69, 9.17) is 0 Å². The van der Waals surface area contributed by atoms with Gasteiger partial charge in [-0.15, -0.1) is 10.2 Å². The average Bonchev–Trinajstić information content (AvgIpc) is 2.95. The summed E-state index contributed by atoms with van der Waals surface area (Å²) in [5, 5.41) is 11.6. The first-order valence-corrected chi connectivity index (χ1v) is 8.35. The average molecular weight is 318 g/mol. The first kappa shape index (κ1) is 16.5. The summed E-state index contributed by atoms with van der Waals surface area (Å²) in [6, 6.07) is 9.87. The fourth-order valence-electron chi connectivity index (χ4n) is 1.91. The molecule has 1 unspecified atom stereocenters. The summed E-state index contributed by atoms with van der Waals surface area (Å²) in [5.41, 5.74) is 0.988. The molecule has 0 aliphatic heterocycles. The lowest BCUT2D eigenvalue weighted by Gasteiger charge is -2.13. The Morgan fingerprint density at radius 3 is 2.68 bits per heavy atom. The van der Waals surface area contributed by atoms with Gasteiger partial charge in [0.05, 0.1) is 5.25 Å². The van der Waals surface area contributed by atoms with Crippen LogP contribution in [0.5, 0.6) is 0 Å². The van der Waals surface area contributed by atoms with E-state index in [1.807, 2.05) is 41.8 Å². The van der Waals surface area contributed by atoms with Gasteiger partial charge >= 0.3 is 0 Å². The van der Waals surface area contributed by atoms with Gasteiger partial charge in [-0.2, -0.15) is 0 Å². The van der Waals surface area contributed by atoms with Crippen LogP contribution in [0.1, 0.15) is 27.2 Å². The van der Waals surface area contributed by atoms with E-state index in [1.165, 1.54) is 11.8 Å². The molecule has 1 aromatic carbocycles. The third-order valence-electron chi connectivity index (χ3n) is 3.22. The molecule has 1 heterocycles. The number of carbonyl (C=O) groups excluding carboxylic acids is 1. The van der Waals surface area contributed by atoms with E-state index < -0.39 is 0 Å². The number of hydrogen-bond donors (Lipinski definition) is 1. The van der Waals surface area contributed by atoms with E-state index in [0.29, 0.717) is 12.5 Å². The minimum absolute atomic E-state index is 0.0354. The Labute approximate surface area is 135 Å². The van der Waals surface area contributed by atoms with Crippen LogP contribution in [0.2, 0.25) is 0 Å². The topological polar surface area (TPSA) is 59.8 Å². The second kappa shape index (κ2) is 7.98. The molecule has 0 radical (unpaired) electrons. The van der Waals surface area contributed by atoms with Crippen LogP contribution >= 0.6 is 11.8 Å². The van der Waals surface area contributed by atoms with Gasteiger partial charge in [0.25, 0.3) is 0 Å². The molecule has 0 saturated carbocycles. The lowest BCUT2D eigenvalue weighted by Crippen LogP contribution is -2.32. The highest BCUT2D eigenvalue weighted by Crippen LogP contribution is 2.23. The van der Waals surface area contributed by atoms with Crippen LogP contribution < -0.4 is 5.32 Å². The molecule has 0 bridgehead atoms. The van der Waals surface area contributed by atoms with Gasteiger partial charge in [0.15, 0.2) is 5.16 Å². The number of nitrogens with zero attached hydrogens (tertiary/aromatic N) is 3. The maximum atomic E-state index is 12.1. The summed E-state index contributed by atoms with van der Waals surface area (Å²) in [6.45, 7) is 6.89. The van der Waals surface area contributed by atoms with Gasteiger partial charge < -0.3 is 5.32 Å². The zero-order valence-electron chi connectivity index (χ0n) is 13.2. The molecule has 0 aliphatic rings. The Morgan fingerprint density at radius 2 is 2.00 bits per heavy atom. The highest BCUT2D eigenvalue weighted by molar-refractivity contribution is 8.00. The molecule has 1 aromatic heterocycles. The predicted molar refractivity (Wildman–Crippen MR) is 89.1 cm³/mol. The molecule has 0 aliphatic carbocycles. The van der Waals surface area contributed by atoms with Gasteiger partial charge in [-0.25, -0.2) is 0 Å². The lowest BCUT2D eigenvalue weighted by atomic mass is 10.1. The predicted octanol–water partition coefficient (Wildman–Crippen LogP) is 2.91. The molecule has 2 rings (SSSR count). The molecule has 1 amide bonds. The molecular weight excluding hydrogens is 296 g/mol. The normalized spacial score (nSPS) is 12.4. The first-order chi connectivity index (χ1) is 10.6. The number of carbonyl (C=O) groups is 1. The van der Waals surface area contributed by atoms with Crippen molar-refractivity contribution < 1.29 is 4.79 Å². The summed E-state index contributed by atoms with van der Waals surface area (Å²) < 4.78 is 1.89. The monoisotopic (exact) mass is 318 g/mol. The Bertz CT molecular complexity index is 597. The fourth-order valence-corrected chi connectivity index (χ4v) is 2.78. The Hall–Kier alpha value is -1.82. The number of rotatable bonds is 7. The highest BCUT2D eigenvalue weighted by atomic mass is 32.2. The van der Waals surface area contributed by atoms with Crippen molar-refractivity contribution in [2.45, 2.75) is 37.6 Å². The van der Waals surface area contributed by atoms with Crippen molar-refractivity contribution in [1.82, 2.24) is 20.1 Å². The minimum Gasteiger partial charge on any atom is -0.355 e. The van der Waals surface area contributed by atoms with Gasteiger partial charge in [0.1, 0.15) is 6.33 Å². The quantitative estimate of drug-likeness (QED) is 0.798. The van der Waals surface area contributed by atoms with Crippen LogP contribution in [0, 0.1) is 5.92 Å². The van der Waals surface area contributed by atoms with Crippen molar-refractivity contribution in [3.8, 4) is 5.69 Å². The number of hydrogen-bond acceptors (Lipinski definition) is 4. The molecule has 1 atom stereocenters. The van der Waals surface area contributed by atoms with Gasteiger partial charge in [-0.3, -0.25) is 9.36 Å². The summed E-state index contributed by atoms with van der Waals surface area (Å²) >= 11 is 1.42. The smallest absolute Gasteiger partial charge is 0.233 e. The van der Waals surface area contributed by atoms with Crippen LogP contribution in [0.3, 0.4) is 0 Å². The SMILES string of the molecule is CC(C)CCNC(=O)C(C)Sc1nncn1-c1ccccc1. The van der Waals surface area contributed by atoms with Gasteiger partial charge in [0, 0.05) is 12.2 Å². The van der Waals surface area contributed by atoms with Crippen molar-refractivity contribution >= 4 is 17.7 Å². The number of para-hydroxylation sites is 1. The summed E-state index contributed by atoms with van der Waals surface area (Å²) in [6.07, 6.45) is 2.66. The van der Waals surface area contributed by atoms with E-state index in [1.54, 1.807) is 6.33 Å². The Morgan fingerprint density at radius 1 is 1.27 bits per heavy atom. The minimum atomic E-state index is -0.209. The van der Waals surface area contributed by atoms with Crippen LogP contribution in [0.4, 0.5) is 0 Å². The van der Waals surface area contributed by atoms with Crippen molar-refractivity contribution in [2.24, 2.45) is 5.92 Å². The number of thioether (sulfide) groups is 1. The molecule has 0 saturated heterocycles. The Balaban J connectivity index is 1.96. The first-order valence-electron chi connectivity index (χ1n) is 7.47. The standard InChI is InChI=1S/C16H22N4OS/c1-12(2)9-10-17-15(21)13(3)22-16-19-18-11-20(16)14-7-5-4-6-8-14/h4-8,11-13H,9-10H2,1-3H3,(H,17,21). The molecule has 0 fully saturated rings. The third kappa shape index (κ3) is 4.59. The van der Waals surface area contributed by atoms with Crippen molar-refractivity contribution in [3.05, 3.63) is 36.7 Å². The molecule has 118 valence electrons. The van der Waals surface area contributed by atoms with E-state index in [0.717, 1.165) is 17.3 Å². The summed E-state index contributed by atoms with van der Waals surface area (Å²) in [5.74, 6) is 0.623. The van der Waals surface area contributed by atoms with E-state index in [2.05, 4.69) is 29.4 Å². The second-order valence-corrected chi connectivity index (χ2v) is 6.86. The van der Waals surface area contributed by atoms with Crippen LogP contribution in [-0.4, -0.2) is 32.5 Å². The Kier molecular flexibility index (Phi) is 6.00. The number of benzene rings is 1. The molecule has 22 heavy (non-hydrogen) atoms. The molecule has 5 nitrogen and oxygen atoms in total.